The SMILES string of the molecule is COc1ccc(CC(=O)N2CCC3(CC2)SCCN3C(=O)C(C)C)cc1. The topological polar surface area (TPSA) is 49.9 Å². The van der Waals surface area contributed by atoms with E-state index in [4.69, 9.17) is 4.74 Å². The highest BCUT2D eigenvalue weighted by atomic mass is 32.2. The van der Waals surface area contributed by atoms with Crippen molar-refractivity contribution in [2.24, 2.45) is 5.92 Å². The number of hydrogen-bond donors (Lipinski definition) is 0. The van der Waals surface area contributed by atoms with E-state index in [0.717, 1.165) is 49.5 Å². The number of carbonyl (C=O) groups excluding carboxylic acids is 2. The first-order chi connectivity index (χ1) is 12.4. The van der Waals surface area contributed by atoms with Gasteiger partial charge in [0.2, 0.25) is 11.8 Å². The highest BCUT2D eigenvalue weighted by Gasteiger charge is 2.47. The molecule has 6 heteroatoms. The fourth-order valence-electron chi connectivity index (χ4n) is 3.78. The van der Waals surface area contributed by atoms with Crippen LogP contribution in [0.3, 0.4) is 0 Å². The first-order valence-electron chi connectivity index (χ1n) is 9.31. The molecule has 142 valence electrons. The maximum atomic E-state index is 12.7. The van der Waals surface area contributed by atoms with E-state index in [0.29, 0.717) is 6.42 Å². The maximum absolute atomic E-state index is 12.7. The third-order valence-corrected chi connectivity index (χ3v) is 6.90. The van der Waals surface area contributed by atoms with Crippen LogP contribution in [-0.2, 0) is 16.0 Å². The Hall–Kier alpha value is -1.69. The Kier molecular flexibility index (Phi) is 5.80. The third-order valence-electron chi connectivity index (χ3n) is 5.35. The second-order valence-electron chi connectivity index (χ2n) is 7.34. The first kappa shape index (κ1) is 19.1. The number of carbonyl (C=O) groups is 2. The van der Waals surface area contributed by atoms with E-state index in [1.165, 1.54) is 0 Å². The van der Waals surface area contributed by atoms with Crippen LogP contribution < -0.4 is 4.74 Å². The molecule has 1 aromatic rings. The van der Waals surface area contributed by atoms with Gasteiger partial charge in [-0.2, -0.15) is 0 Å². The lowest BCUT2D eigenvalue weighted by Gasteiger charge is -2.44. The fraction of sp³-hybridized carbons (Fsp3) is 0.600. The zero-order valence-electron chi connectivity index (χ0n) is 15.9. The van der Waals surface area contributed by atoms with Crippen molar-refractivity contribution in [1.29, 1.82) is 0 Å². The summed E-state index contributed by atoms with van der Waals surface area (Å²) in [5, 5.41) is 0. The molecule has 0 saturated carbocycles. The van der Waals surface area contributed by atoms with Crippen LogP contribution >= 0.6 is 11.8 Å². The molecule has 2 aliphatic rings. The van der Waals surface area contributed by atoms with E-state index in [2.05, 4.69) is 4.90 Å². The second-order valence-corrected chi connectivity index (χ2v) is 8.80. The number of nitrogens with zero attached hydrogens (tertiary/aromatic N) is 2. The molecule has 0 radical (unpaired) electrons. The molecule has 0 unspecified atom stereocenters. The number of methoxy groups -OCH3 is 1. The van der Waals surface area contributed by atoms with Gasteiger partial charge in [-0.15, -0.1) is 11.8 Å². The molecular formula is C20H28N2O3S. The van der Waals surface area contributed by atoms with Gasteiger partial charge >= 0.3 is 0 Å². The summed E-state index contributed by atoms with van der Waals surface area (Å²) in [7, 11) is 1.64. The van der Waals surface area contributed by atoms with Gasteiger partial charge in [-0.05, 0) is 30.5 Å². The molecule has 2 aliphatic heterocycles. The first-order valence-corrected chi connectivity index (χ1v) is 10.3. The van der Waals surface area contributed by atoms with Crippen LogP contribution in [0.15, 0.2) is 24.3 Å². The van der Waals surface area contributed by atoms with Crippen molar-refractivity contribution in [3.05, 3.63) is 29.8 Å². The quantitative estimate of drug-likeness (QED) is 0.811. The van der Waals surface area contributed by atoms with Crippen molar-refractivity contribution >= 4 is 23.6 Å². The zero-order valence-corrected chi connectivity index (χ0v) is 16.7. The molecule has 2 fully saturated rings. The van der Waals surface area contributed by atoms with E-state index >= 15 is 0 Å². The Morgan fingerprint density at radius 3 is 2.38 bits per heavy atom. The Bertz CT molecular complexity index is 652. The van der Waals surface area contributed by atoms with Crippen LogP contribution in [0.25, 0.3) is 0 Å². The average Bonchev–Trinajstić information content (AvgIpc) is 3.05. The number of hydrogen-bond acceptors (Lipinski definition) is 4. The van der Waals surface area contributed by atoms with Crippen molar-refractivity contribution in [3.8, 4) is 5.75 Å². The predicted molar refractivity (Wildman–Crippen MR) is 104 cm³/mol. The molecule has 0 aliphatic carbocycles. The van der Waals surface area contributed by atoms with Crippen molar-refractivity contribution in [2.45, 2.75) is 38.0 Å². The third kappa shape index (κ3) is 3.85. The number of likely N-dealkylation sites (tertiary alicyclic amines) is 1. The maximum Gasteiger partial charge on any atom is 0.226 e. The Balaban J connectivity index is 1.58. The van der Waals surface area contributed by atoms with Gasteiger partial charge in [-0.1, -0.05) is 26.0 Å². The fourth-order valence-corrected chi connectivity index (χ4v) is 5.24. The summed E-state index contributed by atoms with van der Waals surface area (Å²) in [6.07, 6.45) is 2.15. The van der Waals surface area contributed by atoms with Crippen LogP contribution in [0.2, 0.25) is 0 Å². The molecule has 1 aromatic carbocycles. The van der Waals surface area contributed by atoms with Crippen molar-refractivity contribution < 1.29 is 14.3 Å². The minimum Gasteiger partial charge on any atom is -0.497 e. The van der Waals surface area contributed by atoms with Crippen molar-refractivity contribution in [2.75, 3.05) is 32.5 Å². The molecule has 1 spiro atoms. The largest absolute Gasteiger partial charge is 0.497 e. The molecule has 2 amide bonds. The van der Waals surface area contributed by atoms with Gasteiger partial charge in [0.25, 0.3) is 0 Å². The lowest BCUT2D eigenvalue weighted by molar-refractivity contribution is -0.139. The molecule has 0 bridgehead atoms. The van der Waals surface area contributed by atoms with Gasteiger partial charge in [0, 0.05) is 31.3 Å². The predicted octanol–water partition coefficient (Wildman–Crippen LogP) is 2.79. The minimum atomic E-state index is -0.0990. The minimum absolute atomic E-state index is 0.0281. The van der Waals surface area contributed by atoms with Crippen LogP contribution in [-0.4, -0.2) is 59.0 Å². The van der Waals surface area contributed by atoms with Crippen molar-refractivity contribution in [1.82, 2.24) is 9.80 Å². The van der Waals surface area contributed by atoms with Crippen molar-refractivity contribution in [3.63, 3.8) is 0 Å². The lowest BCUT2D eigenvalue weighted by Crippen LogP contribution is -2.54. The summed E-state index contributed by atoms with van der Waals surface area (Å²) in [5.41, 5.74) is 1.00. The van der Waals surface area contributed by atoms with E-state index in [-0.39, 0.29) is 22.6 Å². The van der Waals surface area contributed by atoms with Gasteiger partial charge in [0.1, 0.15) is 5.75 Å². The molecule has 0 aromatic heterocycles. The zero-order chi connectivity index (χ0) is 18.7. The highest BCUT2D eigenvalue weighted by Crippen LogP contribution is 2.44. The molecule has 3 rings (SSSR count). The molecule has 2 saturated heterocycles. The molecule has 0 N–H and O–H groups in total. The summed E-state index contributed by atoms with van der Waals surface area (Å²) in [4.78, 5) is 29.1. The molecule has 5 nitrogen and oxygen atoms in total. The van der Waals surface area contributed by atoms with Gasteiger partial charge in [0.15, 0.2) is 0 Å². The number of thioether (sulfide) groups is 1. The Morgan fingerprint density at radius 2 is 1.81 bits per heavy atom. The highest BCUT2D eigenvalue weighted by molar-refractivity contribution is 8.00. The van der Waals surface area contributed by atoms with E-state index in [9.17, 15) is 9.59 Å². The van der Waals surface area contributed by atoms with E-state index in [1.807, 2.05) is 54.8 Å². The summed E-state index contributed by atoms with van der Waals surface area (Å²) in [6, 6.07) is 7.66. The Morgan fingerprint density at radius 1 is 1.15 bits per heavy atom. The van der Waals surface area contributed by atoms with Gasteiger partial charge < -0.3 is 14.5 Å². The lowest BCUT2D eigenvalue weighted by atomic mass is 9.99. The van der Waals surface area contributed by atoms with Crippen LogP contribution in [0.1, 0.15) is 32.3 Å². The number of amides is 2. The number of rotatable bonds is 4. The number of ether oxygens (including phenoxy) is 1. The Labute approximate surface area is 160 Å². The summed E-state index contributed by atoms with van der Waals surface area (Å²) >= 11 is 1.89. The smallest absolute Gasteiger partial charge is 0.226 e. The van der Waals surface area contributed by atoms with Crippen LogP contribution in [0, 0.1) is 5.92 Å². The number of benzene rings is 1. The van der Waals surface area contributed by atoms with E-state index in [1.54, 1.807) is 7.11 Å². The molecule has 0 atom stereocenters. The molecular weight excluding hydrogens is 348 g/mol. The summed E-state index contributed by atoms with van der Waals surface area (Å²) < 4.78 is 5.16. The van der Waals surface area contributed by atoms with Crippen LogP contribution in [0.4, 0.5) is 0 Å². The van der Waals surface area contributed by atoms with Gasteiger partial charge in [-0.3, -0.25) is 9.59 Å². The molecule has 2 heterocycles. The summed E-state index contributed by atoms with van der Waals surface area (Å²) in [6.45, 7) is 6.22. The summed E-state index contributed by atoms with van der Waals surface area (Å²) in [5.74, 6) is 2.23. The molecule has 26 heavy (non-hydrogen) atoms. The monoisotopic (exact) mass is 376 g/mol. The van der Waals surface area contributed by atoms with Gasteiger partial charge in [0.05, 0.1) is 18.4 Å². The average molecular weight is 377 g/mol. The van der Waals surface area contributed by atoms with Gasteiger partial charge in [-0.25, -0.2) is 0 Å². The van der Waals surface area contributed by atoms with Crippen LogP contribution in [0.5, 0.6) is 5.75 Å². The standard InChI is InChI=1S/C20H28N2O3S/c1-15(2)19(24)22-12-13-26-20(22)8-10-21(11-9-20)18(23)14-16-4-6-17(25-3)7-5-16/h4-7,15H,8-14H2,1-3H3. The second kappa shape index (κ2) is 7.91. The number of piperidine rings is 1. The normalized spacial score (nSPS) is 19.2. The van der Waals surface area contributed by atoms with E-state index < -0.39 is 0 Å².